The standard InChI is InChI=1S/C16H13NO6/c1-10(11-5-4-6-12(9-11)17(21)22)23-16(20)14-8-3-2-7-13(14)15(18)19/h2-10H,1H3,(H,18,19)/t10-/m0/s1. The van der Waals surface area contributed by atoms with Crippen molar-refractivity contribution in [2.24, 2.45) is 0 Å². The van der Waals surface area contributed by atoms with Gasteiger partial charge in [-0.15, -0.1) is 0 Å². The minimum Gasteiger partial charge on any atom is -0.478 e. The third-order valence-corrected chi connectivity index (χ3v) is 3.21. The molecule has 118 valence electrons. The Morgan fingerprint density at radius 1 is 1.13 bits per heavy atom. The first-order chi connectivity index (χ1) is 10.9. The van der Waals surface area contributed by atoms with Gasteiger partial charge in [0.1, 0.15) is 6.10 Å². The first-order valence-corrected chi connectivity index (χ1v) is 6.68. The van der Waals surface area contributed by atoms with Gasteiger partial charge in [0.05, 0.1) is 16.1 Å². The zero-order chi connectivity index (χ0) is 17.0. The van der Waals surface area contributed by atoms with Crippen molar-refractivity contribution in [1.29, 1.82) is 0 Å². The molecule has 0 saturated carbocycles. The monoisotopic (exact) mass is 315 g/mol. The summed E-state index contributed by atoms with van der Waals surface area (Å²) in [5.41, 5.74) is 0.0951. The molecule has 0 aliphatic rings. The molecule has 0 aliphatic heterocycles. The molecule has 0 amide bonds. The van der Waals surface area contributed by atoms with Crippen molar-refractivity contribution in [3.63, 3.8) is 0 Å². The number of carboxylic acid groups (broad SMARTS) is 1. The zero-order valence-corrected chi connectivity index (χ0v) is 12.1. The van der Waals surface area contributed by atoms with Gasteiger partial charge in [0.2, 0.25) is 0 Å². The highest BCUT2D eigenvalue weighted by atomic mass is 16.6. The van der Waals surface area contributed by atoms with E-state index in [0.717, 1.165) is 0 Å². The van der Waals surface area contributed by atoms with E-state index >= 15 is 0 Å². The normalized spacial score (nSPS) is 11.5. The van der Waals surface area contributed by atoms with E-state index in [9.17, 15) is 19.7 Å². The van der Waals surface area contributed by atoms with Gasteiger partial charge in [-0.1, -0.05) is 24.3 Å². The van der Waals surface area contributed by atoms with E-state index in [2.05, 4.69) is 0 Å². The number of hydrogen-bond acceptors (Lipinski definition) is 5. The fourth-order valence-corrected chi connectivity index (χ4v) is 2.03. The van der Waals surface area contributed by atoms with E-state index in [4.69, 9.17) is 9.84 Å². The molecule has 0 fully saturated rings. The summed E-state index contributed by atoms with van der Waals surface area (Å²) >= 11 is 0. The molecule has 0 bridgehead atoms. The van der Waals surface area contributed by atoms with Crippen molar-refractivity contribution >= 4 is 17.6 Å². The third kappa shape index (κ3) is 3.70. The summed E-state index contributed by atoms with van der Waals surface area (Å²) in [7, 11) is 0. The summed E-state index contributed by atoms with van der Waals surface area (Å²) in [6.45, 7) is 1.56. The van der Waals surface area contributed by atoms with Crippen LogP contribution in [0.4, 0.5) is 5.69 Å². The van der Waals surface area contributed by atoms with Gasteiger partial charge in [0, 0.05) is 12.1 Å². The maximum absolute atomic E-state index is 12.2. The Kier molecular flexibility index (Phi) is 4.70. The van der Waals surface area contributed by atoms with E-state index in [1.807, 2.05) is 0 Å². The van der Waals surface area contributed by atoms with E-state index in [1.54, 1.807) is 13.0 Å². The van der Waals surface area contributed by atoms with Crippen LogP contribution in [0, 0.1) is 10.1 Å². The lowest BCUT2D eigenvalue weighted by molar-refractivity contribution is -0.385. The van der Waals surface area contributed by atoms with Gasteiger partial charge in [-0.25, -0.2) is 9.59 Å². The Morgan fingerprint density at radius 2 is 1.78 bits per heavy atom. The van der Waals surface area contributed by atoms with Crippen molar-refractivity contribution < 1.29 is 24.4 Å². The lowest BCUT2D eigenvalue weighted by Crippen LogP contribution is -2.13. The minimum atomic E-state index is -1.24. The Hall–Kier alpha value is -3.22. The molecular weight excluding hydrogens is 302 g/mol. The van der Waals surface area contributed by atoms with Crippen molar-refractivity contribution in [3.05, 3.63) is 75.3 Å². The maximum atomic E-state index is 12.2. The first-order valence-electron chi connectivity index (χ1n) is 6.68. The number of ether oxygens (including phenoxy) is 1. The van der Waals surface area contributed by atoms with Gasteiger partial charge < -0.3 is 9.84 Å². The second kappa shape index (κ2) is 6.69. The summed E-state index contributed by atoms with van der Waals surface area (Å²) in [6, 6.07) is 11.4. The van der Waals surface area contributed by atoms with Crippen molar-refractivity contribution in [2.45, 2.75) is 13.0 Å². The van der Waals surface area contributed by atoms with Crippen LogP contribution >= 0.6 is 0 Å². The molecule has 0 spiro atoms. The maximum Gasteiger partial charge on any atom is 0.339 e. The Morgan fingerprint density at radius 3 is 2.39 bits per heavy atom. The zero-order valence-electron chi connectivity index (χ0n) is 12.1. The topological polar surface area (TPSA) is 107 Å². The highest BCUT2D eigenvalue weighted by Gasteiger charge is 2.20. The molecular formula is C16H13NO6. The molecule has 0 aromatic heterocycles. The number of rotatable bonds is 5. The Labute approximate surface area is 131 Å². The Bertz CT molecular complexity index is 771. The largest absolute Gasteiger partial charge is 0.478 e. The fourth-order valence-electron chi connectivity index (χ4n) is 2.03. The van der Waals surface area contributed by atoms with Gasteiger partial charge in [0.25, 0.3) is 5.69 Å². The van der Waals surface area contributed by atoms with E-state index < -0.39 is 23.0 Å². The van der Waals surface area contributed by atoms with Crippen LogP contribution in [-0.4, -0.2) is 22.0 Å². The van der Waals surface area contributed by atoms with Crippen molar-refractivity contribution in [2.75, 3.05) is 0 Å². The number of esters is 1. The summed E-state index contributed by atoms with van der Waals surface area (Å²) in [5, 5.41) is 19.9. The lowest BCUT2D eigenvalue weighted by Gasteiger charge is -2.14. The molecule has 0 aliphatic carbocycles. The number of benzene rings is 2. The highest BCUT2D eigenvalue weighted by Crippen LogP contribution is 2.23. The molecule has 0 heterocycles. The number of hydrogen-bond donors (Lipinski definition) is 1. The van der Waals surface area contributed by atoms with E-state index in [1.165, 1.54) is 42.5 Å². The first kappa shape index (κ1) is 16.2. The van der Waals surface area contributed by atoms with E-state index in [-0.39, 0.29) is 16.8 Å². The quantitative estimate of drug-likeness (QED) is 0.516. The predicted octanol–water partition coefficient (Wildman–Crippen LogP) is 3.21. The number of nitro benzene ring substituents is 1. The molecule has 0 unspecified atom stereocenters. The van der Waals surface area contributed by atoms with Gasteiger partial charge in [0.15, 0.2) is 0 Å². The minimum absolute atomic E-state index is 0.0720. The van der Waals surface area contributed by atoms with Gasteiger partial charge in [-0.2, -0.15) is 0 Å². The number of carbonyl (C=O) groups is 2. The molecule has 2 rings (SSSR count). The Balaban J connectivity index is 2.22. The molecule has 1 atom stereocenters. The van der Waals surface area contributed by atoms with Crippen LogP contribution in [0.5, 0.6) is 0 Å². The van der Waals surface area contributed by atoms with Crippen LogP contribution in [0.25, 0.3) is 0 Å². The van der Waals surface area contributed by atoms with Crippen LogP contribution in [-0.2, 0) is 4.74 Å². The fraction of sp³-hybridized carbons (Fsp3) is 0.125. The number of non-ortho nitro benzene ring substituents is 1. The number of carboxylic acids is 1. The van der Waals surface area contributed by atoms with Crippen molar-refractivity contribution in [1.82, 2.24) is 0 Å². The average molecular weight is 315 g/mol. The number of nitrogens with zero attached hydrogens (tertiary/aromatic N) is 1. The number of aromatic carboxylic acids is 1. The second-order valence-electron chi connectivity index (χ2n) is 4.75. The van der Waals surface area contributed by atoms with Crippen LogP contribution in [0.1, 0.15) is 39.3 Å². The molecule has 2 aromatic rings. The molecule has 0 radical (unpaired) electrons. The van der Waals surface area contributed by atoms with Crippen molar-refractivity contribution in [3.8, 4) is 0 Å². The van der Waals surface area contributed by atoms with Gasteiger partial charge in [-0.05, 0) is 24.6 Å². The smallest absolute Gasteiger partial charge is 0.339 e. The highest BCUT2D eigenvalue weighted by molar-refractivity contribution is 6.02. The third-order valence-electron chi connectivity index (χ3n) is 3.21. The SMILES string of the molecule is C[C@H](OC(=O)c1ccccc1C(=O)O)c1cccc([N+](=O)[O-])c1. The van der Waals surface area contributed by atoms with Gasteiger partial charge >= 0.3 is 11.9 Å². The molecule has 2 aromatic carbocycles. The van der Waals surface area contributed by atoms with Crippen LogP contribution in [0.15, 0.2) is 48.5 Å². The summed E-state index contributed by atoms with van der Waals surface area (Å²) < 4.78 is 5.22. The van der Waals surface area contributed by atoms with Crippen LogP contribution in [0.2, 0.25) is 0 Å². The molecule has 0 saturated heterocycles. The molecule has 7 nitrogen and oxygen atoms in total. The average Bonchev–Trinajstić information content (AvgIpc) is 2.54. The van der Waals surface area contributed by atoms with Crippen LogP contribution < -0.4 is 0 Å². The lowest BCUT2D eigenvalue weighted by atomic mass is 10.1. The molecule has 7 heteroatoms. The number of nitro groups is 1. The van der Waals surface area contributed by atoms with E-state index in [0.29, 0.717) is 5.56 Å². The second-order valence-corrected chi connectivity index (χ2v) is 4.75. The number of carbonyl (C=O) groups excluding carboxylic acids is 1. The molecule has 1 N–H and O–H groups in total. The predicted molar refractivity (Wildman–Crippen MR) is 80.3 cm³/mol. The summed E-state index contributed by atoms with van der Waals surface area (Å²) in [6.07, 6.45) is -0.760. The van der Waals surface area contributed by atoms with Crippen LogP contribution in [0.3, 0.4) is 0 Å². The molecule has 23 heavy (non-hydrogen) atoms. The summed E-state index contributed by atoms with van der Waals surface area (Å²) in [4.78, 5) is 33.5. The van der Waals surface area contributed by atoms with Gasteiger partial charge in [-0.3, -0.25) is 10.1 Å². The summed E-state index contributed by atoms with van der Waals surface area (Å²) in [5.74, 6) is -2.04.